The molecule has 2 saturated heterocycles. The second kappa shape index (κ2) is 6.72. The van der Waals surface area contributed by atoms with E-state index < -0.39 is 5.41 Å². The lowest BCUT2D eigenvalue weighted by atomic mass is 9.78. The zero-order valence-corrected chi connectivity index (χ0v) is 16.0. The average molecular weight is 379 g/mol. The number of nitrogens with zero attached hydrogens (tertiary/aromatic N) is 5. The smallest absolute Gasteiger partial charge is 0.276 e. The fourth-order valence-corrected chi connectivity index (χ4v) is 4.59. The largest absolute Gasteiger partial charge is 0.342 e. The van der Waals surface area contributed by atoms with E-state index in [-0.39, 0.29) is 11.8 Å². The molecule has 3 aliphatic rings. The molecule has 2 aliphatic heterocycles. The van der Waals surface area contributed by atoms with Gasteiger partial charge >= 0.3 is 0 Å². The van der Waals surface area contributed by atoms with Crippen LogP contribution in [-0.4, -0.2) is 62.8 Å². The molecule has 146 valence electrons. The van der Waals surface area contributed by atoms with E-state index in [2.05, 4.69) is 15.2 Å². The zero-order valence-electron chi connectivity index (χ0n) is 16.0. The standard InChI is InChI=1S/C21H25N5O2/c27-19(18-14-26(23-22-18)17-5-2-1-3-6-17)25-12-10-21(15-25)9-4-11-24(20(21)28)13-16-7-8-16/h1-3,5-6,14,16H,4,7-13,15H2/t21-/m1/s1. The summed E-state index contributed by atoms with van der Waals surface area (Å²) in [5.41, 5.74) is 0.808. The fourth-order valence-electron chi connectivity index (χ4n) is 4.59. The second-order valence-electron chi connectivity index (χ2n) is 8.44. The molecular weight excluding hydrogens is 354 g/mol. The SMILES string of the molecule is O=C(c1cn(-c2ccccc2)nn1)N1CC[C@]2(CCCN(CC3CC3)C2=O)C1. The summed E-state index contributed by atoms with van der Waals surface area (Å²) in [6.07, 6.45) is 6.84. The molecule has 1 atom stereocenters. The Hall–Kier alpha value is -2.70. The topological polar surface area (TPSA) is 71.3 Å². The molecule has 2 aromatic rings. The first kappa shape index (κ1) is 17.4. The molecule has 0 bridgehead atoms. The van der Waals surface area contributed by atoms with Gasteiger partial charge in [-0.05, 0) is 50.2 Å². The molecular formula is C21H25N5O2. The first-order valence-corrected chi connectivity index (χ1v) is 10.2. The van der Waals surface area contributed by atoms with Gasteiger partial charge in [0.2, 0.25) is 5.91 Å². The lowest BCUT2D eigenvalue weighted by Crippen LogP contribution is -2.51. The highest BCUT2D eigenvalue weighted by molar-refractivity contribution is 5.93. The van der Waals surface area contributed by atoms with Gasteiger partial charge in [0.1, 0.15) is 0 Å². The molecule has 1 aromatic carbocycles. The van der Waals surface area contributed by atoms with Crippen LogP contribution < -0.4 is 0 Å². The van der Waals surface area contributed by atoms with Crippen molar-refractivity contribution in [3.63, 3.8) is 0 Å². The predicted molar refractivity (Wildman–Crippen MR) is 103 cm³/mol. The lowest BCUT2D eigenvalue weighted by Gasteiger charge is -2.39. The third kappa shape index (κ3) is 3.08. The van der Waals surface area contributed by atoms with Crippen LogP contribution in [-0.2, 0) is 4.79 Å². The summed E-state index contributed by atoms with van der Waals surface area (Å²) < 4.78 is 1.61. The van der Waals surface area contributed by atoms with Gasteiger partial charge in [-0.1, -0.05) is 23.4 Å². The van der Waals surface area contributed by atoms with E-state index in [0.717, 1.165) is 38.0 Å². The number of amides is 2. The molecule has 28 heavy (non-hydrogen) atoms. The Morgan fingerprint density at radius 3 is 2.75 bits per heavy atom. The van der Waals surface area contributed by atoms with Gasteiger partial charge in [0.15, 0.2) is 5.69 Å². The molecule has 3 heterocycles. The molecule has 1 aromatic heterocycles. The third-order valence-electron chi connectivity index (χ3n) is 6.37. The number of hydrogen-bond donors (Lipinski definition) is 0. The molecule has 3 fully saturated rings. The van der Waals surface area contributed by atoms with Crippen molar-refractivity contribution in [3.05, 3.63) is 42.2 Å². The van der Waals surface area contributed by atoms with Crippen molar-refractivity contribution in [1.29, 1.82) is 0 Å². The number of para-hydroxylation sites is 1. The number of benzene rings is 1. The van der Waals surface area contributed by atoms with Crippen molar-refractivity contribution in [1.82, 2.24) is 24.8 Å². The zero-order chi connectivity index (χ0) is 19.1. The summed E-state index contributed by atoms with van der Waals surface area (Å²) >= 11 is 0. The van der Waals surface area contributed by atoms with E-state index in [0.29, 0.717) is 24.7 Å². The van der Waals surface area contributed by atoms with E-state index in [4.69, 9.17) is 0 Å². The first-order valence-electron chi connectivity index (χ1n) is 10.2. The lowest BCUT2D eigenvalue weighted by molar-refractivity contribution is -0.145. The van der Waals surface area contributed by atoms with Crippen LogP contribution in [0.1, 0.15) is 42.6 Å². The number of likely N-dealkylation sites (tertiary alicyclic amines) is 2. The van der Waals surface area contributed by atoms with Crippen LogP contribution in [0.5, 0.6) is 0 Å². The van der Waals surface area contributed by atoms with Gasteiger partial charge in [-0.3, -0.25) is 9.59 Å². The van der Waals surface area contributed by atoms with E-state index in [9.17, 15) is 9.59 Å². The first-order chi connectivity index (χ1) is 13.6. The maximum Gasteiger partial charge on any atom is 0.276 e. The summed E-state index contributed by atoms with van der Waals surface area (Å²) in [5, 5.41) is 8.17. The Kier molecular flexibility index (Phi) is 4.18. The van der Waals surface area contributed by atoms with Crippen LogP contribution in [0.3, 0.4) is 0 Å². The van der Waals surface area contributed by atoms with Gasteiger partial charge in [-0.2, -0.15) is 0 Å². The molecule has 1 saturated carbocycles. The van der Waals surface area contributed by atoms with Gasteiger partial charge < -0.3 is 9.80 Å². The van der Waals surface area contributed by atoms with E-state index in [1.807, 2.05) is 30.3 Å². The van der Waals surface area contributed by atoms with Gasteiger partial charge in [0.05, 0.1) is 17.3 Å². The number of carbonyl (C=O) groups excluding carboxylic acids is 2. The quantitative estimate of drug-likeness (QED) is 0.816. The normalized spacial score (nSPS) is 24.9. The van der Waals surface area contributed by atoms with Crippen LogP contribution in [0.4, 0.5) is 0 Å². The minimum absolute atomic E-state index is 0.133. The average Bonchev–Trinajstić information content (AvgIpc) is 3.24. The molecule has 1 aliphatic carbocycles. The Balaban J connectivity index is 1.29. The predicted octanol–water partition coefficient (Wildman–Crippen LogP) is 2.13. The van der Waals surface area contributed by atoms with E-state index in [1.165, 1.54) is 12.8 Å². The summed E-state index contributed by atoms with van der Waals surface area (Å²) in [6, 6.07) is 9.62. The molecule has 1 spiro atoms. The summed E-state index contributed by atoms with van der Waals surface area (Å²) in [7, 11) is 0. The van der Waals surface area contributed by atoms with Crippen LogP contribution >= 0.6 is 0 Å². The van der Waals surface area contributed by atoms with E-state index in [1.54, 1.807) is 15.8 Å². The van der Waals surface area contributed by atoms with Crippen molar-refractivity contribution in [3.8, 4) is 5.69 Å². The summed E-state index contributed by atoms with van der Waals surface area (Å²) in [4.78, 5) is 30.0. The number of carbonyl (C=O) groups is 2. The van der Waals surface area contributed by atoms with Gasteiger partial charge in [-0.25, -0.2) is 4.68 Å². The van der Waals surface area contributed by atoms with Crippen LogP contribution in [0, 0.1) is 11.3 Å². The summed E-state index contributed by atoms with van der Waals surface area (Å²) in [6.45, 7) is 2.89. The van der Waals surface area contributed by atoms with Gasteiger partial charge in [0.25, 0.3) is 5.91 Å². The molecule has 7 nitrogen and oxygen atoms in total. The third-order valence-corrected chi connectivity index (χ3v) is 6.37. The Morgan fingerprint density at radius 1 is 1.14 bits per heavy atom. The highest BCUT2D eigenvalue weighted by Gasteiger charge is 2.50. The minimum atomic E-state index is -0.391. The molecule has 7 heteroatoms. The highest BCUT2D eigenvalue weighted by atomic mass is 16.2. The Labute approximate surface area is 164 Å². The van der Waals surface area contributed by atoms with Crippen LogP contribution in [0.15, 0.2) is 36.5 Å². The van der Waals surface area contributed by atoms with Crippen molar-refractivity contribution in [2.45, 2.75) is 32.1 Å². The second-order valence-corrected chi connectivity index (χ2v) is 8.44. The molecule has 0 unspecified atom stereocenters. The molecule has 5 rings (SSSR count). The Bertz CT molecular complexity index is 891. The van der Waals surface area contributed by atoms with Crippen molar-refractivity contribution >= 4 is 11.8 Å². The molecule has 0 radical (unpaired) electrons. The monoisotopic (exact) mass is 379 g/mol. The van der Waals surface area contributed by atoms with Crippen molar-refractivity contribution < 1.29 is 9.59 Å². The number of hydrogen-bond acceptors (Lipinski definition) is 4. The maximum absolute atomic E-state index is 13.2. The van der Waals surface area contributed by atoms with Crippen molar-refractivity contribution in [2.75, 3.05) is 26.2 Å². The van der Waals surface area contributed by atoms with Crippen molar-refractivity contribution in [2.24, 2.45) is 11.3 Å². The summed E-state index contributed by atoms with van der Waals surface area (Å²) in [5.74, 6) is 0.825. The van der Waals surface area contributed by atoms with Crippen LogP contribution in [0.25, 0.3) is 5.69 Å². The number of piperidine rings is 1. The highest BCUT2D eigenvalue weighted by Crippen LogP contribution is 2.42. The number of rotatable bonds is 4. The minimum Gasteiger partial charge on any atom is -0.342 e. The van der Waals surface area contributed by atoms with Gasteiger partial charge in [0, 0.05) is 26.2 Å². The Morgan fingerprint density at radius 2 is 1.96 bits per heavy atom. The van der Waals surface area contributed by atoms with Crippen LogP contribution in [0.2, 0.25) is 0 Å². The van der Waals surface area contributed by atoms with Gasteiger partial charge in [-0.15, -0.1) is 5.10 Å². The molecule has 2 amide bonds. The molecule has 0 N–H and O–H groups in total. The maximum atomic E-state index is 13.2. The fraction of sp³-hybridized carbons (Fsp3) is 0.524. The van der Waals surface area contributed by atoms with E-state index >= 15 is 0 Å². The number of aromatic nitrogens is 3.